The lowest BCUT2D eigenvalue weighted by Crippen LogP contribution is -2.40. The van der Waals surface area contributed by atoms with Crippen LogP contribution in [0, 0.1) is 5.92 Å². The second kappa shape index (κ2) is 6.18. The molecular weight excluding hydrogens is 288 g/mol. The third kappa shape index (κ3) is 2.98. The van der Waals surface area contributed by atoms with Gasteiger partial charge in [0.05, 0.1) is 16.2 Å². The number of carbonyl (C=O) groups excluding carboxylic acids is 1. The topological polar surface area (TPSA) is 60.4 Å². The quantitative estimate of drug-likeness (QED) is 0.784. The Morgan fingerprint density at radius 1 is 1.33 bits per heavy atom. The summed E-state index contributed by atoms with van der Waals surface area (Å²) in [4.78, 5) is 12.1. The molecule has 4 nitrogen and oxygen atoms in total. The molecule has 5 heteroatoms. The minimum atomic E-state index is -3.46. The van der Waals surface area contributed by atoms with E-state index in [2.05, 4.69) is 0 Å². The molecule has 0 saturated heterocycles. The van der Waals surface area contributed by atoms with Crippen molar-refractivity contribution in [3.8, 4) is 0 Å². The molecule has 0 spiro atoms. The zero-order valence-electron chi connectivity index (χ0n) is 12.5. The van der Waals surface area contributed by atoms with Gasteiger partial charge in [-0.1, -0.05) is 24.6 Å². The predicted octanol–water partition coefficient (Wildman–Crippen LogP) is 2.97. The van der Waals surface area contributed by atoms with Crippen LogP contribution >= 0.6 is 0 Å². The molecule has 0 heterocycles. The Morgan fingerprint density at radius 3 is 2.62 bits per heavy atom. The molecule has 21 heavy (non-hydrogen) atoms. The molecule has 0 bridgehead atoms. The molecule has 1 aliphatic carbocycles. The van der Waals surface area contributed by atoms with Crippen LogP contribution in [0.3, 0.4) is 0 Å². The molecule has 0 aliphatic heterocycles. The third-order valence-electron chi connectivity index (χ3n) is 4.48. The summed E-state index contributed by atoms with van der Waals surface area (Å²) in [6.45, 7) is 3.85. The predicted molar refractivity (Wildman–Crippen MR) is 80.6 cm³/mol. The Hall–Kier alpha value is -1.36. The first-order valence-corrected chi connectivity index (χ1v) is 8.85. The second-order valence-electron chi connectivity index (χ2n) is 5.73. The van der Waals surface area contributed by atoms with Crippen LogP contribution in [0.2, 0.25) is 0 Å². The van der Waals surface area contributed by atoms with E-state index in [9.17, 15) is 13.2 Å². The monoisotopic (exact) mass is 310 g/mol. The van der Waals surface area contributed by atoms with Crippen LogP contribution in [0.5, 0.6) is 0 Å². The van der Waals surface area contributed by atoms with Gasteiger partial charge in [-0.15, -0.1) is 0 Å². The van der Waals surface area contributed by atoms with Crippen LogP contribution in [0.1, 0.15) is 39.5 Å². The van der Waals surface area contributed by atoms with Crippen LogP contribution in [-0.2, 0) is 19.4 Å². The van der Waals surface area contributed by atoms with Crippen molar-refractivity contribution in [1.82, 2.24) is 0 Å². The maximum Gasteiger partial charge on any atom is 0.306 e. The van der Waals surface area contributed by atoms with Gasteiger partial charge in [0, 0.05) is 6.42 Å². The number of carbonyl (C=O) groups is 1. The smallest absolute Gasteiger partial charge is 0.306 e. The van der Waals surface area contributed by atoms with E-state index in [0.717, 1.165) is 12.8 Å². The average Bonchev–Trinajstić information content (AvgIpc) is 2.83. The van der Waals surface area contributed by atoms with E-state index in [0.29, 0.717) is 17.9 Å². The van der Waals surface area contributed by atoms with Gasteiger partial charge in [0.15, 0.2) is 9.84 Å². The van der Waals surface area contributed by atoms with Crippen molar-refractivity contribution < 1.29 is 17.9 Å². The molecule has 2 atom stereocenters. The second-order valence-corrected chi connectivity index (χ2v) is 8.14. The zero-order valence-corrected chi connectivity index (χ0v) is 13.4. The fourth-order valence-electron chi connectivity index (χ4n) is 3.17. The maximum absolute atomic E-state index is 13.0. The molecule has 1 saturated carbocycles. The van der Waals surface area contributed by atoms with Gasteiger partial charge in [-0.2, -0.15) is 0 Å². The zero-order chi connectivity index (χ0) is 15.5. The summed E-state index contributed by atoms with van der Waals surface area (Å²) in [5.74, 6) is -0.486. The number of sulfone groups is 1. The molecule has 1 aromatic carbocycles. The Bertz CT molecular complexity index is 594. The van der Waals surface area contributed by atoms with Crippen LogP contribution < -0.4 is 0 Å². The van der Waals surface area contributed by atoms with E-state index in [1.165, 1.54) is 0 Å². The van der Waals surface area contributed by atoms with E-state index < -0.39 is 14.6 Å². The molecule has 1 fully saturated rings. The molecule has 1 aliphatic rings. The molecule has 1 aromatic rings. The third-order valence-corrected chi connectivity index (χ3v) is 7.13. The van der Waals surface area contributed by atoms with Crippen LogP contribution in [0.25, 0.3) is 0 Å². The lowest BCUT2D eigenvalue weighted by Gasteiger charge is -2.30. The van der Waals surface area contributed by atoms with Crippen molar-refractivity contribution in [2.75, 3.05) is 6.61 Å². The normalized spacial score (nSPS) is 25.7. The molecule has 0 amide bonds. The van der Waals surface area contributed by atoms with Gasteiger partial charge in [0.25, 0.3) is 0 Å². The molecule has 0 aromatic heterocycles. The summed E-state index contributed by atoms with van der Waals surface area (Å²) in [7, 11) is -3.46. The summed E-state index contributed by atoms with van der Waals surface area (Å²) in [6, 6.07) is 8.50. The number of benzene rings is 1. The fourth-order valence-corrected chi connectivity index (χ4v) is 5.28. The van der Waals surface area contributed by atoms with Gasteiger partial charge in [0.2, 0.25) is 0 Å². The van der Waals surface area contributed by atoms with Gasteiger partial charge < -0.3 is 4.74 Å². The van der Waals surface area contributed by atoms with Crippen molar-refractivity contribution in [3.05, 3.63) is 30.3 Å². The van der Waals surface area contributed by atoms with Crippen molar-refractivity contribution in [3.63, 3.8) is 0 Å². The Labute approximate surface area is 126 Å². The van der Waals surface area contributed by atoms with Crippen LogP contribution in [-0.4, -0.2) is 25.7 Å². The Balaban J connectivity index is 2.29. The van der Waals surface area contributed by atoms with Gasteiger partial charge in [-0.05, 0) is 44.7 Å². The van der Waals surface area contributed by atoms with Crippen molar-refractivity contribution in [2.45, 2.75) is 49.2 Å². The SMILES string of the molecule is CCOC(=O)C[C@H]1CCC[C@]1(C)S(=O)(=O)c1ccccc1. The maximum atomic E-state index is 13.0. The lowest BCUT2D eigenvalue weighted by molar-refractivity contribution is -0.144. The fraction of sp³-hybridized carbons (Fsp3) is 0.562. The first kappa shape index (κ1) is 16.0. The van der Waals surface area contributed by atoms with Crippen LogP contribution in [0.15, 0.2) is 35.2 Å². The van der Waals surface area contributed by atoms with Crippen molar-refractivity contribution in [1.29, 1.82) is 0 Å². The van der Waals surface area contributed by atoms with E-state index >= 15 is 0 Å². The first-order chi connectivity index (χ1) is 9.91. The largest absolute Gasteiger partial charge is 0.466 e. The van der Waals surface area contributed by atoms with Gasteiger partial charge in [-0.25, -0.2) is 8.42 Å². The number of hydrogen-bond acceptors (Lipinski definition) is 4. The highest BCUT2D eigenvalue weighted by atomic mass is 32.2. The Morgan fingerprint density at radius 2 is 2.00 bits per heavy atom. The molecule has 0 radical (unpaired) electrons. The first-order valence-electron chi connectivity index (χ1n) is 7.37. The number of esters is 1. The molecule has 0 N–H and O–H groups in total. The standard InChI is InChI=1S/C16H22O4S/c1-3-20-15(17)12-13-8-7-11-16(13,2)21(18,19)14-9-5-4-6-10-14/h4-6,9-10,13H,3,7-8,11-12H2,1-2H3/t13-,16+/m1/s1. The van der Waals surface area contributed by atoms with Gasteiger partial charge in [0.1, 0.15) is 0 Å². The molecule has 0 unspecified atom stereocenters. The lowest BCUT2D eigenvalue weighted by atomic mass is 9.94. The van der Waals surface area contributed by atoms with E-state index in [1.807, 2.05) is 0 Å². The summed E-state index contributed by atoms with van der Waals surface area (Å²) in [6.07, 6.45) is 2.35. The van der Waals surface area contributed by atoms with Gasteiger partial charge in [-0.3, -0.25) is 4.79 Å². The summed E-state index contributed by atoms with van der Waals surface area (Å²) in [5, 5.41) is 0. The van der Waals surface area contributed by atoms with Crippen LogP contribution in [0.4, 0.5) is 0 Å². The molecule has 2 rings (SSSR count). The highest BCUT2D eigenvalue weighted by molar-refractivity contribution is 7.92. The molecular formula is C16H22O4S. The number of ether oxygens (including phenoxy) is 1. The highest BCUT2D eigenvalue weighted by Crippen LogP contribution is 2.46. The van der Waals surface area contributed by atoms with E-state index in [-0.39, 0.29) is 18.3 Å². The minimum absolute atomic E-state index is 0.177. The van der Waals surface area contributed by atoms with E-state index in [4.69, 9.17) is 4.74 Å². The van der Waals surface area contributed by atoms with Crippen molar-refractivity contribution >= 4 is 15.8 Å². The van der Waals surface area contributed by atoms with E-state index in [1.54, 1.807) is 44.2 Å². The van der Waals surface area contributed by atoms with Gasteiger partial charge >= 0.3 is 5.97 Å². The highest BCUT2D eigenvalue weighted by Gasteiger charge is 2.50. The summed E-state index contributed by atoms with van der Waals surface area (Å²) >= 11 is 0. The molecule has 116 valence electrons. The summed E-state index contributed by atoms with van der Waals surface area (Å²) < 4.78 is 30.0. The Kier molecular flexibility index (Phi) is 4.71. The number of hydrogen-bond donors (Lipinski definition) is 0. The average molecular weight is 310 g/mol. The minimum Gasteiger partial charge on any atom is -0.466 e. The number of rotatable bonds is 5. The van der Waals surface area contributed by atoms with Crippen molar-refractivity contribution in [2.24, 2.45) is 5.92 Å². The summed E-state index contributed by atoms with van der Waals surface area (Å²) in [5.41, 5.74) is 0.